The smallest absolute Gasteiger partial charge is 0.179 e. The first-order valence-corrected chi connectivity index (χ1v) is 8.32. The molecule has 1 aliphatic heterocycles. The van der Waals surface area contributed by atoms with Crippen LogP contribution < -0.4 is 14.8 Å². The highest BCUT2D eigenvalue weighted by atomic mass is 35.5. The summed E-state index contributed by atoms with van der Waals surface area (Å²) >= 11 is 6.59. The number of rotatable bonds is 6. The lowest BCUT2D eigenvalue weighted by Gasteiger charge is -2.28. The van der Waals surface area contributed by atoms with Crippen LogP contribution >= 0.6 is 11.6 Å². The van der Waals surface area contributed by atoms with Crippen molar-refractivity contribution < 1.29 is 9.47 Å². The number of hydrogen-bond donors (Lipinski definition) is 1. The number of hydrogen-bond acceptors (Lipinski definition) is 4. The normalized spacial score (nSPS) is 16.1. The molecule has 1 heterocycles. The van der Waals surface area contributed by atoms with Gasteiger partial charge < -0.3 is 19.7 Å². The summed E-state index contributed by atoms with van der Waals surface area (Å²) in [4.78, 5) is 2.49. The van der Waals surface area contributed by atoms with Crippen molar-refractivity contribution in [3.05, 3.63) is 22.2 Å². The van der Waals surface area contributed by atoms with Crippen LogP contribution in [0.2, 0.25) is 5.02 Å². The van der Waals surface area contributed by atoms with Gasteiger partial charge in [-0.2, -0.15) is 0 Å². The molecule has 2 rings (SSSR count). The lowest BCUT2D eigenvalue weighted by atomic mass is 9.94. The van der Waals surface area contributed by atoms with E-state index >= 15 is 0 Å². The molecule has 0 bridgehead atoms. The molecule has 1 aliphatic rings. The van der Waals surface area contributed by atoms with E-state index in [4.69, 9.17) is 21.1 Å². The molecule has 1 saturated heterocycles. The molecule has 0 radical (unpaired) electrons. The monoisotopic (exact) mass is 326 g/mol. The molecule has 22 heavy (non-hydrogen) atoms. The highest BCUT2D eigenvalue weighted by Gasteiger charge is 2.21. The van der Waals surface area contributed by atoms with Crippen molar-refractivity contribution in [3.63, 3.8) is 0 Å². The average Bonchev–Trinajstić information content (AvgIpc) is 2.52. The van der Waals surface area contributed by atoms with E-state index in [9.17, 15) is 0 Å². The van der Waals surface area contributed by atoms with Gasteiger partial charge in [0.2, 0.25) is 0 Å². The summed E-state index contributed by atoms with van der Waals surface area (Å²) in [5.74, 6) is 1.70. The Labute approximate surface area is 138 Å². The molecular formula is C17H27ClN2O2. The number of ether oxygens (including phenoxy) is 2. The number of nitrogens with one attached hydrogen (secondary N) is 1. The maximum absolute atomic E-state index is 6.59. The second-order valence-electron chi connectivity index (χ2n) is 6.00. The molecule has 0 unspecified atom stereocenters. The first kappa shape index (κ1) is 17.4. The van der Waals surface area contributed by atoms with Crippen LogP contribution in [0.1, 0.15) is 30.9 Å². The van der Waals surface area contributed by atoms with Crippen molar-refractivity contribution in [3.8, 4) is 11.5 Å². The Bertz CT molecular complexity index is 500. The minimum atomic E-state index is 0.352. The van der Waals surface area contributed by atoms with Gasteiger partial charge in [-0.15, -0.1) is 0 Å². The highest BCUT2D eigenvalue weighted by molar-refractivity contribution is 6.33. The van der Waals surface area contributed by atoms with Gasteiger partial charge in [-0.1, -0.05) is 25.4 Å². The van der Waals surface area contributed by atoms with E-state index in [2.05, 4.69) is 30.1 Å². The fraction of sp³-hybridized carbons (Fsp3) is 0.647. The Hall–Kier alpha value is -0.970. The molecule has 0 amide bonds. The Morgan fingerprint density at radius 2 is 1.91 bits per heavy atom. The van der Waals surface area contributed by atoms with Gasteiger partial charge in [0.15, 0.2) is 11.5 Å². The van der Waals surface area contributed by atoms with Gasteiger partial charge in [-0.05, 0) is 29.5 Å². The molecule has 124 valence electrons. The van der Waals surface area contributed by atoms with Crippen LogP contribution in [0.5, 0.6) is 11.5 Å². The van der Waals surface area contributed by atoms with Crippen LogP contribution in [0, 0.1) is 0 Å². The fourth-order valence-corrected chi connectivity index (χ4v) is 3.57. The molecule has 1 aromatic rings. The lowest BCUT2D eigenvalue weighted by molar-refractivity contribution is 0.243. The molecule has 0 saturated carbocycles. The predicted octanol–water partition coefficient (Wildman–Crippen LogP) is 2.93. The average molecular weight is 327 g/mol. The molecule has 4 nitrogen and oxygen atoms in total. The van der Waals surface area contributed by atoms with Crippen LogP contribution in [0.25, 0.3) is 0 Å². The Morgan fingerprint density at radius 3 is 2.45 bits per heavy atom. The highest BCUT2D eigenvalue weighted by Crippen LogP contribution is 2.42. The van der Waals surface area contributed by atoms with Crippen molar-refractivity contribution in [1.29, 1.82) is 0 Å². The Morgan fingerprint density at radius 1 is 1.23 bits per heavy atom. The van der Waals surface area contributed by atoms with Gasteiger partial charge in [0, 0.05) is 32.7 Å². The van der Waals surface area contributed by atoms with Crippen LogP contribution in [-0.4, -0.2) is 51.8 Å². The van der Waals surface area contributed by atoms with E-state index < -0.39 is 0 Å². The third-order valence-corrected chi connectivity index (χ3v) is 4.59. The van der Waals surface area contributed by atoms with Gasteiger partial charge >= 0.3 is 0 Å². The third-order valence-electron chi connectivity index (χ3n) is 4.22. The molecular weight excluding hydrogens is 300 g/mol. The van der Waals surface area contributed by atoms with E-state index in [-0.39, 0.29) is 0 Å². The van der Waals surface area contributed by atoms with E-state index in [1.165, 1.54) is 11.1 Å². The van der Waals surface area contributed by atoms with Crippen LogP contribution in [0.4, 0.5) is 0 Å². The van der Waals surface area contributed by atoms with Crippen LogP contribution in [0.3, 0.4) is 0 Å². The van der Waals surface area contributed by atoms with Crippen LogP contribution in [0.15, 0.2) is 6.07 Å². The predicted molar refractivity (Wildman–Crippen MR) is 91.7 cm³/mol. The maximum Gasteiger partial charge on any atom is 0.179 e. The number of nitrogens with zero attached hydrogens (tertiary/aromatic N) is 1. The number of halogens is 1. The van der Waals surface area contributed by atoms with Crippen molar-refractivity contribution in [2.24, 2.45) is 0 Å². The van der Waals surface area contributed by atoms with E-state index in [0.717, 1.165) is 39.1 Å². The minimum absolute atomic E-state index is 0.352. The van der Waals surface area contributed by atoms with Crippen molar-refractivity contribution >= 4 is 11.6 Å². The zero-order chi connectivity index (χ0) is 16.1. The summed E-state index contributed by atoms with van der Waals surface area (Å²) in [7, 11) is 3.29. The zero-order valence-corrected chi connectivity index (χ0v) is 14.8. The lowest BCUT2D eigenvalue weighted by Crippen LogP contribution is -2.44. The number of benzene rings is 1. The molecule has 1 aromatic carbocycles. The van der Waals surface area contributed by atoms with Gasteiger partial charge in [0.25, 0.3) is 0 Å². The van der Waals surface area contributed by atoms with Crippen molar-refractivity contribution in [2.75, 3.05) is 46.9 Å². The second kappa shape index (κ2) is 8.04. The fourth-order valence-electron chi connectivity index (χ4n) is 3.06. The minimum Gasteiger partial charge on any atom is -0.493 e. The van der Waals surface area contributed by atoms with E-state index in [1.54, 1.807) is 14.2 Å². The summed E-state index contributed by atoms with van der Waals surface area (Å²) < 4.78 is 10.9. The van der Waals surface area contributed by atoms with Gasteiger partial charge in [-0.3, -0.25) is 0 Å². The molecule has 0 aliphatic carbocycles. The summed E-state index contributed by atoms with van der Waals surface area (Å²) in [5, 5.41) is 4.07. The molecule has 1 N–H and O–H groups in total. The summed E-state index contributed by atoms with van der Waals surface area (Å²) in [6.07, 6.45) is 0.980. The van der Waals surface area contributed by atoms with Crippen LogP contribution in [-0.2, 0) is 6.42 Å². The molecule has 5 heteroatoms. The standard InChI is InChI=1S/C17H27ClN2O2/c1-12(2)15-13(5-8-20-9-6-19-7-10-20)11-14(21-3)17(22-4)16(15)18/h11-12,19H,5-10H2,1-4H3. The summed E-state index contributed by atoms with van der Waals surface area (Å²) in [6.45, 7) is 9.75. The number of methoxy groups -OCH3 is 2. The van der Waals surface area contributed by atoms with Gasteiger partial charge in [0.1, 0.15) is 0 Å². The summed E-state index contributed by atoms with van der Waals surface area (Å²) in [6, 6.07) is 2.09. The number of piperazine rings is 1. The van der Waals surface area contributed by atoms with E-state index in [0.29, 0.717) is 22.4 Å². The van der Waals surface area contributed by atoms with Crippen molar-refractivity contribution in [2.45, 2.75) is 26.2 Å². The first-order valence-electron chi connectivity index (χ1n) is 7.94. The first-order chi connectivity index (χ1) is 10.6. The van der Waals surface area contributed by atoms with Crippen molar-refractivity contribution in [1.82, 2.24) is 10.2 Å². The Kier molecular flexibility index (Phi) is 6.36. The molecule has 0 aromatic heterocycles. The van der Waals surface area contributed by atoms with E-state index in [1.807, 2.05) is 0 Å². The largest absolute Gasteiger partial charge is 0.493 e. The zero-order valence-electron chi connectivity index (χ0n) is 14.0. The Balaban J connectivity index is 2.25. The summed E-state index contributed by atoms with van der Waals surface area (Å²) in [5.41, 5.74) is 2.44. The molecule has 1 fully saturated rings. The molecule has 0 spiro atoms. The second-order valence-corrected chi connectivity index (χ2v) is 6.37. The quantitative estimate of drug-likeness (QED) is 0.871. The SMILES string of the molecule is COc1cc(CCN2CCNCC2)c(C(C)C)c(Cl)c1OC. The maximum atomic E-state index is 6.59. The molecule has 0 atom stereocenters. The van der Waals surface area contributed by atoms with Gasteiger partial charge in [0.05, 0.1) is 19.2 Å². The topological polar surface area (TPSA) is 33.7 Å². The van der Waals surface area contributed by atoms with Gasteiger partial charge in [-0.25, -0.2) is 0 Å². The third kappa shape index (κ3) is 3.86.